The summed E-state index contributed by atoms with van der Waals surface area (Å²) in [5, 5.41) is 13.6. The number of rotatable bonds is 5. The van der Waals surface area contributed by atoms with Crippen LogP contribution in [0, 0.1) is 30.7 Å². The lowest BCUT2D eigenvalue weighted by Gasteiger charge is -2.18. The topological polar surface area (TPSA) is 202 Å². The summed E-state index contributed by atoms with van der Waals surface area (Å²) in [4.78, 5) is 33.2. The maximum atomic E-state index is 14.0. The van der Waals surface area contributed by atoms with Gasteiger partial charge in [-0.15, -0.1) is 11.6 Å². The molecular formula is C42H29ClF4I2N14. The Hall–Kier alpha value is -6.27. The minimum Gasteiger partial charge on any atom is -0.383 e. The maximum Gasteiger partial charge on any atom is 0.187 e. The van der Waals surface area contributed by atoms with Crippen molar-refractivity contribution in [3.8, 4) is 22.3 Å². The molecule has 8 aromatic heterocycles. The highest BCUT2D eigenvalue weighted by Crippen LogP contribution is 2.35. The summed E-state index contributed by atoms with van der Waals surface area (Å²) >= 11 is 10.4. The van der Waals surface area contributed by atoms with Crippen molar-refractivity contribution in [3.63, 3.8) is 0 Å². The Labute approximate surface area is 386 Å². The van der Waals surface area contributed by atoms with Crippen molar-refractivity contribution in [2.45, 2.75) is 25.3 Å². The van der Waals surface area contributed by atoms with E-state index in [0.717, 1.165) is 21.5 Å². The van der Waals surface area contributed by atoms with Crippen LogP contribution in [0.3, 0.4) is 0 Å². The number of hydrogen-bond acceptors (Lipinski definition) is 12. The number of aromatic nitrogens is 12. The predicted molar refractivity (Wildman–Crippen MR) is 249 cm³/mol. The van der Waals surface area contributed by atoms with Crippen LogP contribution < -0.4 is 11.5 Å². The molecule has 63 heavy (non-hydrogen) atoms. The third-order valence-corrected chi connectivity index (χ3v) is 11.3. The van der Waals surface area contributed by atoms with Crippen LogP contribution >= 0.6 is 56.8 Å². The lowest BCUT2D eigenvalue weighted by Crippen LogP contribution is -2.13. The number of nitrogen functional groups attached to an aromatic ring is 2. The van der Waals surface area contributed by atoms with Crippen molar-refractivity contribution in [2.24, 2.45) is 0 Å². The Morgan fingerprint density at radius 1 is 0.651 bits per heavy atom. The van der Waals surface area contributed by atoms with Gasteiger partial charge in [-0.2, -0.15) is 10.2 Å². The largest absolute Gasteiger partial charge is 0.383 e. The van der Waals surface area contributed by atoms with Crippen LogP contribution in [0.2, 0.25) is 0 Å². The van der Waals surface area contributed by atoms with Crippen LogP contribution in [0.4, 0.5) is 29.2 Å². The highest BCUT2D eigenvalue weighted by Gasteiger charge is 2.23. The van der Waals surface area contributed by atoms with Gasteiger partial charge in [-0.1, -0.05) is 0 Å². The van der Waals surface area contributed by atoms with Crippen LogP contribution in [-0.4, -0.2) is 59.8 Å². The molecule has 2 aromatic carbocycles. The SMILES string of the molecule is CC(Cl)c1nc2ccc(F)cc2cc1-c1cncc(F)c1.CC(c1nc2ccc(F)cc2cc1-c1cncc(F)c1)n1nc(I)c2c(N)ncnc21.Nc1ncnc2n[nH]c(I)c12. The number of nitrogens with zero attached hydrogens (tertiary/aromatic N) is 11. The molecule has 21 heteroatoms. The van der Waals surface area contributed by atoms with Crippen LogP contribution in [0.25, 0.3) is 66.1 Å². The van der Waals surface area contributed by atoms with E-state index in [1.165, 1.54) is 55.2 Å². The Morgan fingerprint density at radius 3 is 1.75 bits per heavy atom. The Kier molecular flexibility index (Phi) is 12.5. The second kappa shape index (κ2) is 18.2. The Morgan fingerprint density at radius 2 is 1.19 bits per heavy atom. The first-order valence-electron chi connectivity index (χ1n) is 18.6. The molecule has 5 N–H and O–H groups in total. The van der Waals surface area contributed by atoms with Crippen LogP contribution in [0.1, 0.15) is 36.7 Å². The minimum absolute atomic E-state index is 0.337. The highest BCUT2D eigenvalue weighted by atomic mass is 127. The number of halogens is 7. The molecule has 0 saturated heterocycles. The molecule has 0 spiro atoms. The molecule has 8 heterocycles. The van der Waals surface area contributed by atoms with Gasteiger partial charge in [-0.05, 0) is 120 Å². The fourth-order valence-corrected chi connectivity index (χ4v) is 8.26. The number of benzene rings is 2. The van der Waals surface area contributed by atoms with Gasteiger partial charge in [0, 0.05) is 45.4 Å². The summed E-state index contributed by atoms with van der Waals surface area (Å²) in [5.41, 5.74) is 17.6. The molecule has 10 aromatic rings. The van der Waals surface area contributed by atoms with Gasteiger partial charge in [-0.25, -0.2) is 47.2 Å². The standard InChI is InChI=1S/C21H14F2IN7.C16H11ClF2N2.C5H4IN5/c1-10(31-21-17(19(24)30-31)20(25)27-9-28-21)18-15(12-5-14(23)8-26-7-12)6-11-4-13(22)2-3-16(11)29-18;1-9(17)16-14(11-5-13(19)8-20-7-11)6-10-4-12(18)2-3-15(10)21-16;6-3-2-4(7)8-1-9-5(2)11-10-3/h2-10H,1H3,(H2,25,27,28);2-9H,1H3;1H,(H3,7,8,9,10,11). The molecule has 0 aliphatic rings. The van der Waals surface area contributed by atoms with Gasteiger partial charge >= 0.3 is 0 Å². The number of fused-ring (bicyclic) bond motifs is 4. The second-order valence-corrected chi connectivity index (χ2v) is 16.5. The molecule has 2 atom stereocenters. The summed E-state index contributed by atoms with van der Waals surface area (Å²) < 4.78 is 57.8. The van der Waals surface area contributed by atoms with Crippen molar-refractivity contribution in [1.29, 1.82) is 0 Å². The van der Waals surface area contributed by atoms with Crippen molar-refractivity contribution in [2.75, 3.05) is 11.5 Å². The van der Waals surface area contributed by atoms with Gasteiger partial charge in [0.2, 0.25) is 0 Å². The summed E-state index contributed by atoms with van der Waals surface area (Å²) in [6.45, 7) is 3.70. The third kappa shape index (κ3) is 9.13. The van der Waals surface area contributed by atoms with Gasteiger partial charge in [0.25, 0.3) is 0 Å². The minimum atomic E-state index is -0.477. The molecule has 0 amide bonds. The Bertz CT molecular complexity index is 3330. The number of H-pyrrole nitrogens is 1. The van der Waals surface area contributed by atoms with Crippen molar-refractivity contribution in [3.05, 3.63) is 140 Å². The van der Waals surface area contributed by atoms with Crippen LogP contribution in [-0.2, 0) is 0 Å². The molecule has 14 nitrogen and oxygen atoms in total. The molecule has 0 bridgehead atoms. The smallest absolute Gasteiger partial charge is 0.187 e. The number of nitrogens with two attached hydrogens (primary N) is 2. The molecule has 0 saturated carbocycles. The third-order valence-electron chi connectivity index (χ3n) is 9.60. The zero-order chi connectivity index (χ0) is 44.5. The average Bonchev–Trinajstić information content (AvgIpc) is 3.83. The van der Waals surface area contributed by atoms with E-state index in [-0.39, 0.29) is 17.0 Å². The first kappa shape index (κ1) is 43.4. The van der Waals surface area contributed by atoms with Gasteiger partial charge in [0.1, 0.15) is 55.0 Å². The number of aromatic amines is 1. The monoisotopic (exact) mass is 1090 g/mol. The lowest BCUT2D eigenvalue weighted by atomic mass is 9.99. The van der Waals surface area contributed by atoms with Gasteiger partial charge in [0.15, 0.2) is 11.3 Å². The van der Waals surface area contributed by atoms with Gasteiger partial charge in [0.05, 0.1) is 57.0 Å². The van der Waals surface area contributed by atoms with E-state index in [9.17, 15) is 17.6 Å². The molecule has 0 radical (unpaired) electrons. The van der Waals surface area contributed by atoms with Crippen LogP contribution in [0.5, 0.6) is 0 Å². The molecule has 0 fully saturated rings. The fraction of sp³-hybridized carbons (Fsp3) is 0.0952. The van der Waals surface area contributed by atoms with E-state index >= 15 is 0 Å². The van der Waals surface area contributed by atoms with Gasteiger partial charge in [-0.3, -0.25) is 20.1 Å². The second-order valence-electron chi connectivity index (χ2n) is 13.8. The normalized spacial score (nSPS) is 12.2. The maximum absolute atomic E-state index is 14.0. The predicted octanol–water partition coefficient (Wildman–Crippen LogP) is 9.93. The van der Waals surface area contributed by atoms with Crippen LogP contribution in [0.15, 0.2) is 98.1 Å². The number of hydrogen-bond donors (Lipinski definition) is 3. The van der Waals surface area contributed by atoms with E-state index in [4.69, 9.17) is 28.1 Å². The average molecular weight is 1100 g/mol. The molecule has 2 unspecified atom stereocenters. The number of anilines is 2. The zero-order valence-corrected chi connectivity index (χ0v) is 37.7. The molecular weight excluding hydrogens is 1070 g/mol. The van der Waals surface area contributed by atoms with Gasteiger partial charge < -0.3 is 11.5 Å². The van der Waals surface area contributed by atoms with E-state index in [0.29, 0.717) is 87.5 Å². The summed E-state index contributed by atoms with van der Waals surface area (Å²) in [5.74, 6) is -0.843. The van der Waals surface area contributed by atoms with Crippen molar-refractivity contribution >= 4 is 112 Å². The fourth-order valence-electron chi connectivity index (χ4n) is 6.71. The highest BCUT2D eigenvalue weighted by molar-refractivity contribution is 14.1. The zero-order valence-electron chi connectivity index (χ0n) is 32.6. The quantitative estimate of drug-likeness (QED) is 0.0838. The molecule has 0 aliphatic carbocycles. The molecule has 10 rings (SSSR count). The lowest BCUT2D eigenvalue weighted by molar-refractivity contribution is 0.564. The van der Waals surface area contributed by atoms with E-state index in [1.54, 1.807) is 42.1 Å². The first-order valence-corrected chi connectivity index (χ1v) is 21.2. The van der Waals surface area contributed by atoms with E-state index < -0.39 is 17.7 Å². The summed E-state index contributed by atoms with van der Waals surface area (Å²) in [7, 11) is 0. The molecule has 316 valence electrons. The first-order chi connectivity index (χ1) is 30.2. The van der Waals surface area contributed by atoms with E-state index in [1.807, 2.05) is 6.92 Å². The Balaban J connectivity index is 0.000000146. The van der Waals surface area contributed by atoms with Crippen molar-refractivity contribution in [1.82, 2.24) is 59.8 Å². The number of alkyl halides is 1. The number of nitrogens with one attached hydrogen (secondary N) is 1. The summed E-state index contributed by atoms with van der Waals surface area (Å²) in [6, 6.07) is 14.6. The van der Waals surface area contributed by atoms with Crippen molar-refractivity contribution < 1.29 is 17.6 Å². The van der Waals surface area contributed by atoms with E-state index in [2.05, 4.69) is 95.4 Å². The number of pyridine rings is 4. The molecule has 0 aliphatic heterocycles. The summed E-state index contributed by atoms with van der Waals surface area (Å²) in [6.07, 6.45) is 8.12.